The number of rotatable bonds is 7. The Morgan fingerprint density at radius 1 is 1.04 bits per heavy atom. The van der Waals surface area contributed by atoms with Crippen molar-refractivity contribution in [1.29, 1.82) is 0 Å². The monoisotopic (exact) mass is 364 g/mol. The van der Waals surface area contributed by atoms with Gasteiger partial charge in [0.05, 0.1) is 6.54 Å². The molecule has 1 fully saturated rings. The van der Waals surface area contributed by atoms with Gasteiger partial charge in [0.15, 0.2) is 0 Å². The Bertz CT molecular complexity index is 781. The molecule has 2 aromatic carbocycles. The maximum Gasteiger partial charge on any atom is 0.251 e. The number of hydrogen-bond acceptors (Lipinski definition) is 3. The second kappa shape index (κ2) is 8.96. The van der Waals surface area contributed by atoms with Crippen molar-refractivity contribution in [3.8, 4) is 11.1 Å². The van der Waals surface area contributed by atoms with Gasteiger partial charge in [-0.25, -0.2) is 0 Å². The number of nitrogens with one attached hydrogen (secondary N) is 1. The largest absolute Gasteiger partial charge is 0.345 e. The van der Waals surface area contributed by atoms with Crippen LogP contribution in [0.15, 0.2) is 48.5 Å². The summed E-state index contributed by atoms with van der Waals surface area (Å²) in [6.45, 7) is 6.20. The van der Waals surface area contributed by atoms with Crippen LogP contribution in [0.25, 0.3) is 11.1 Å². The van der Waals surface area contributed by atoms with Crippen LogP contribution < -0.4 is 5.32 Å². The second-order valence-corrected chi connectivity index (χ2v) is 7.44. The lowest BCUT2D eigenvalue weighted by Crippen LogP contribution is -2.28. The second-order valence-electron chi connectivity index (χ2n) is 7.44. The molecule has 27 heavy (non-hydrogen) atoms. The molecule has 142 valence electrons. The smallest absolute Gasteiger partial charge is 0.251 e. The average Bonchev–Trinajstić information content (AvgIpc) is 3.10. The minimum Gasteiger partial charge on any atom is -0.345 e. The Balaban J connectivity index is 1.58. The van der Waals surface area contributed by atoms with Gasteiger partial charge < -0.3 is 10.2 Å². The van der Waals surface area contributed by atoms with E-state index in [4.69, 9.17) is 0 Å². The highest BCUT2D eigenvalue weighted by Gasteiger charge is 2.19. The van der Waals surface area contributed by atoms with Gasteiger partial charge in [0.1, 0.15) is 5.78 Å². The SMILES string of the molecule is CC(=O)CNC(=O)c1ccc(-c2ccc(CCN3CCC[C@H]3C)cc2)cc1. The van der Waals surface area contributed by atoms with Crippen LogP contribution in [0, 0.1) is 0 Å². The van der Waals surface area contributed by atoms with Gasteiger partial charge in [-0.1, -0.05) is 36.4 Å². The Labute approximate surface area is 161 Å². The van der Waals surface area contributed by atoms with Crippen molar-refractivity contribution < 1.29 is 9.59 Å². The van der Waals surface area contributed by atoms with E-state index in [0.717, 1.165) is 30.1 Å². The van der Waals surface area contributed by atoms with E-state index in [-0.39, 0.29) is 18.2 Å². The van der Waals surface area contributed by atoms with Gasteiger partial charge >= 0.3 is 0 Å². The predicted molar refractivity (Wildman–Crippen MR) is 109 cm³/mol. The summed E-state index contributed by atoms with van der Waals surface area (Å²) in [4.78, 5) is 25.5. The van der Waals surface area contributed by atoms with Crippen molar-refractivity contribution in [2.75, 3.05) is 19.6 Å². The maximum absolute atomic E-state index is 12.0. The molecule has 1 amide bonds. The van der Waals surface area contributed by atoms with E-state index in [9.17, 15) is 9.59 Å². The van der Waals surface area contributed by atoms with E-state index in [0.29, 0.717) is 5.56 Å². The molecule has 1 heterocycles. The first-order valence-corrected chi connectivity index (χ1v) is 9.74. The molecule has 0 aromatic heterocycles. The Morgan fingerprint density at radius 2 is 1.67 bits per heavy atom. The summed E-state index contributed by atoms with van der Waals surface area (Å²) in [5.74, 6) is -0.275. The molecule has 4 heteroatoms. The fourth-order valence-electron chi connectivity index (χ4n) is 3.58. The van der Waals surface area contributed by atoms with Crippen LogP contribution in [0.2, 0.25) is 0 Å². The molecule has 1 saturated heterocycles. The van der Waals surface area contributed by atoms with E-state index in [1.807, 2.05) is 12.1 Å². The average molecular weight is 364 g/mol. The highest BCUT2D eigenvalue weighted by molar-refractivity contribution is 5.96. The number of nitrogens with zero attached hydrogens (tertiary/aromatic N) is 1. The first-order chi connectivity index (χ1) is 13.0. The quantitative estimate of drug-likeness (QED) is 0.815. The minimum atomic E-state index is -0.219. The number of carbonyl (C=O) groups excluding carboxylic acids is 2. The van der Waals surface area contributed by atoms with Crippen LogP contribution in [0.3, 0.4) is 0 Å². The number of Topliss-reactive ketones (excluding diaryl/α,β-unsaturated/α-hetero) is 1. The Kier molecular flexibility index (Phi) is 6.40. The molecule has 1 aliphatic rings. The van der Waals surface area contributed by atoms with Gasteiger partial charge in [0.2, 0.25) is 0 Å². The third-order valence-corrected chi connectivity index (χ3v) is 5.31. The summed E-state index contributed by atoms with van der Waals surface area (Å²) >= 11 is 0. The van der Waals surface area contributed by atoms with Crippen LogP contribution in [-0.2, 0) is 11.2 Å². The van der Waals surface area contributed by atoms with Crippen LogP contribution in [-0.4, -0.2) is 42.3 Å². The third kappa shape index (κ3) is 5.27. The Morgan fingerprint density at radius 3 is 2.22 bits per heavy atom. The van der Waals surface area contributed by atoms with Crippen molar-refractivity contribution in [2.45, 2.75) is 39.2 Å². The highest BCUT2D eigenvalue weighted by atomic mass is 16.2. The van der Waals surface area contributed by atoms with Crippen LogP contribution in [0.1, 0.15) is 42.6 Å². The molecule has 1 N–H and O–H groups in total. The fraction of sp³-hybridized carbons (Fsp3) is 0.391. The van der Waals surface area contributed by atoms with Crippen molar-refractivity contribution >= 4 is 11.7 Å². The molecule has 0 spiro atoms. The number of likely N-dealkylation sites (tertiary alicyclic amines) is 1. The zero-order chi connectivity index (χ0) is 19.2. The predicted octanol–water partition coefficient (Wildman–Crippen LogP) is 3.70. The normalized spacial score (nSPS) is 17.0. The molecule has 1 atom stereocenters. The van der Waals surface area contributed by atoms with Gasteiger partial charge in [-0.15, -0.1) is 0 Å². The Hall–Kier alpha value is -2.46. The zero-order valence-electron chi connectivity index (χ0n) is 16.2. The van der Waals surface area contributed by atoms with E-state index in [1.165, 1.54) is 31.9 Å². The van der Waals surface area contributed by atoms with Gasteiger partial charge in [-0.2, -0.15) is 0 Å². The molecular weight excluding hydrogens is 336 g/mol. The first-order valence-electron chi connectivity index (χ1n) is 9.74. The van der Waals surface area contributed by atoms with E-state index in [2.05, 4.69) is 41.4 Å². The number of carbonyl (C=O) groups is 2. The molecule has 0 bridgehead atoms. The molecule has 0 radical (unpaired) electrons. The molecule has 3 rings (SSSR count). The zero-order valence-corrected chi connectivity index (χ0v) is 16.2. The number of benzene rings is 2. The lowest BCUT2D eigenvalue weighted by Gasteiger charge is -2.20. The topological polar surface area (TPSA) is 49.4 Å². The number of hydrogen-bond donors (Lipinski definition) is 1. The minimum absolute atomic E-state index is 0.0563. The molecule has 0 saturated carbocycles. The lowest BCUT2D eigenvalue weighted by atomic mass is 10.0. The van der Waals surface area contributed by atoms with Gasteiger partial charge in [0, 0.05) is 18.2 Å². The number of ketones is 1. The summed E-state index contributed by atoms with van der Waals surface area (Å²) in [6, 6.07) is 16.9. The summed E-state index contributed by atoms with van der Waals surface area (Å²) < 4.78 is 0. The van der Waals surface area contributed by atoms with Crippen molar-refractivity contribution in [3.05, 3.63) is 59.7 Å². The van der Waals surface area contributed by atoms with Gasteiger partial charge in [0.25, 0.3) is 5.91 Å². The van der Waals surface area contributed by atoms with Crippen molar-refractivity contribution in [1.82, 2.24) is 10.2 Å². The number of amides is 1. The van der Waals surface area contributed by atoms with Crippen LogP contribution in [0.4, 0.5) is 0 Å². The van der Waals surface area contributed by atoms with Crippen LogP contribution >= 0.6 is 0 Å². The van der Waals surface area contributed by atoms with E-state index in [1.54, 1.807) is 12.1 Å². The summed E-state index contributed by atoms with van der Waals surface area (Å²) in [5, 5.41) is 2.61. The van der Waals surface area contributed by atoms with Crippen molar-refractivity contribution in [2.24, 2.45) is 0 Å². The lowest BCUT2D eigenvalue weighted by molar-refractivity contribution is -0.116. The van der Waals surface area contributed by atoms with Crippen LogP contribution in [0.5, 0.6) is 0 Å². The van der Waals surface area contributed by atoms with Gasteiger partial charge in [-0.3, -0.25) is 9.59 Å². The molecular formula is C23H28N2O2. The molecule has 0 unspecified atom stereocenters. The van der Waals surface area contributed by atoms with Gasteiger partial charge in [-0.05, 0) is 68.5 Å². The molecule has 4 nitrogen and oxygen atoms in total. The van der Waals surface area contributed by atoms with E-state index < -0.39 is 0 Å². The molecule has 0 aliphatic carbocycles. The summed E-state index contributed by atoms with van der Waals surface area (Å²) in [5.41, 5.74) is 4.15. The highest BCUT2D eigenvalue weighted by Crippen LogP contribution is 2.21. The maximum atomic E-state index is 12.0. The fourth-order valence-corrected chi connectivity index (χ4v) is 3.58. The summed E-state index contributed by atoms with van der Waals surface area (Å²) in [6.07, 6.45) is 3.73. The van der Waals surface area contributed by atoms with Crippen molar-refractivity contribution in [3.63, 3.8) is 0 Å². The molecule has 2 aromatic rings. The molecule has 1 aliphatic heterocycles. The summed E-state index contributed by atoms with van der Waals surface area (Å²) in [7, 11) is 0. The third-order valence-electron chi connectivity index (χ3n) is 5.31. The standard InChI is InChI=1S/C23H28N2O2/c1-17-4-3-14-25(17)15-13-19-5-7-20(8-6-19)21-9-11-22(12-10-21)23(27)24-16-18(2)26/h5-12,17H,3-4,13-16H2,1-2H3,(H,24,27)/t17-/m1/s1. The first kappa shape index (κ1) is 19.3. The van der Waals surface area contributed by atoms with E-state index >= 15 is 0 Å².